The van der Waals surface area contributed by atoms with E-state index < -0.39 is 5.97 Å². The van der Waals surface area contributed by atoms with Crippen molar-refractivity contribution in [3.8, 4) is 16.9 Å². The molecule has 3 aromatic carbocycles. The minimum Gasteiger partial charge on any atom is -0.493 e. The monoisotopic (exact) mass is 456 g/mol. The SMILES string of the molecule is CCn1ccc2cc(-c3cc(CCC(=O)O)ccc3OCCc3ccc(N(C)C)cc3)ccc21. The largest absolute Gasteiger partial charge is 0.493 e. The summed E-state index contributed by atoms with van der Waals surface area (Å²) >= 11 is 0. The van der Waals surface area contributed by atoms with Crippen LogP contribution >= 0.6 is 0 Å². The van der Waals surface area contributed by atoms with Crippen molar-refractivity contribution < 1.29 is 14.6 Å². The van der Waals surface area contributed by atoms with E-state index in [1.165, 1.54) is 22.2 Å². The van der Waals surface area contributed by atoms with E-state index in [0.717, 1.165) is 35.4 Å². The summed E-state index contributed by atoms with van der Waals surface area (Å²) in [6, 6.07) is 23.1. The lowest BCUT2D eigenvalue weighted by Crippen LogP contribution is -2.08. The van der Waals surface area contributed by atoms with Crippen LogP contribution < -0.4 is 9.64 Å². The van der Waals surface area contributed by atoms with Crippen LogP contribution in [0.1, 0.15) is 24.5 Å². The molecule has 5 heteroatoms. The van der Waals surface area contributed by atoms with E-state index in [1.807, 2.05) is 26.2 Å². The van der Waals surface area contributed by atoms with Gasteiger partial charge in [0.15, 0.2) is 0 Å². The van der Waals surface area contributed by atoms with Crippen LogP contribution in [0.3, 0.4) is 0 Å². The number of aryl methyl sites for hydroxylation is 2. The van der Waals surface area contributed by atoms with Crippen LogP contribution in [0.2, 0.25) is 0 Å². The lowest BCUT2D eigenvalue weighted by atomic mass is 9.98. The highest BCUT2D eigenvalue weighted by Crippen LogP contribution is 2.34. The fraction of sp³-hybridized carbons (Fsp3) is 0.276. The molecule has 1 heterocycles. The van der Waals surface area contributed by atoms with Gasteiger partial charge in [-0.25, -0.2) is 0 Å². The molecule has 0 aliphatic heterocycles. The molecule has 4 rings (SSSR count). The summed E-state index contributed by atoms with van der Waals surface area (Å²) in [7, 11) is 4.07. The minimum absolute atomic E-state index is 0.112. The Morgan fingerprint density at radius 1 is 0.941 bits per heavy atom. The predicted molar refractivity (Wildman–Crippen MR) is 139 cm³/mol. The first kappa shape index (κ1) is 23.4. The molecule has 0 fully saturated rings. The Balaban J connectivity index is 1.57. The molecule has 5 nitrogen and oxygen atoms in total. The first-order valence-electron chi connectivity index (χ1n) is 11.8. The van der Waals surface area contributed by atoms with E-state index in [9.17, 15) is 4.79 Å². The number of aromatic nitrogens is 1. The number of carboxylic acid groups (broad SMARTS) is 1. The highest BCUT2D eigenvalue weighted by Gasteiger charge is 2.11. The maximum absolute atomic E-state index is 11.1. The Labute approximate surface area is 201 Å². The second-order valence-corrected chi connectivity index (χ2v) is 8.76. The van der Waals surface area contributed by atoms with Gasteiger partial charge in [0.2, 0.25) is 0 Å². The number of rotatable bonds is 10. The van der Waals surface area contributed by atoms with Gasteiger partial charge in [-0.15, -0.1) is 0 Å². The lowest BCUT2D eigenvalue weighted by Gasteiger charge is -2.15. The summed E-state index contributed by atoms with van der Waals surface area (Å²) in [6.45, 7) is 3.63. The standard InChI is InChI=1S/C29H32N2O3/c1-4-31-17-15-24-20-23(9-12-27(24)31)26-19-22(8-14-29(32)33)7-13-28(26)34-18-16-21-5-10-25(11-6-21)30(2)3/h5-7,9-13,15,17,19-20H,4,8,14,16,18H2,1-3H3,(H,32,33). The average molecular weight is 457 g/mol. The zero-order valence-corrected chi connectivity index (χ0v) is 20.1. The van der Waals surface area contributed by atoms with Crippen LogP contribution in [0.4, 0.5) is 5.69 Å². The quantitative estimate of drug-likeness (QED) is 0.316. The molecule has 1 N–H and O–H groups in total. The molecule has 0 spiro atoms. The number of carboxylic acids is 1. The summed E-state index contributed by atoms with van der Waals surface area (Å²) in [6.07, 6.45) is 3.53. The Kier molecular flexibility index (Phi) is 7.21. The number of nitrogens with zero attached hydrogens (tertiary/aromatic N) is 2. The van der Waals surface area contributed by atoms with Crippen molar-refractivity contribution in [2.45, 2.75) is 32.7 Å². The molecule has 0 radical (unpaired) electrons. The summed E-state index contributed by atoms with van der Waals surface area (Å²) < 4.78 is 8.48. The Morgan fingerprint density at radius 2 is 1.71 bits per heavy atom. The Bertz CT molecular complexity index is 1270. The number of carbonyl (C=O) groups is 1. The number of ether oxygens (including phenoxy) is 1. The maximum atomic E-state index is 11.1. The van der Waals surface area contributed by atoms with Crippen molar-refractivity contribution in [1.29, 1.82) is 0 Å². The smallest absolute Gasteiger partial charge is 0.303 e. The van der Waals surface area contributed by atoms with E-state index in [4.69, 9.17) is 9.84 Å². The molecule has 0 atom stereocenters. The van der Waals surface area contributed by atoms with E-state index in [1.54, 1.807) is 0 Å². The van der Waals surface area contributed by atoms with Gasteiger partial charge in [-0.05, 0) is 72.5 Å². The van der Waals surface area contributed by atoms with Crippen LogP contribution in [0.5, 0.6) is 5.75 Å². The molecule has 0 saturated heterocycles. The molecule has 34 heavy (non-hydrogen) atoms. The van der Waals surface area contributed by atoms with Gasteiger partial charge in [0.1, 0.15) is 5.75 Å². The van der Waals surface area contributed by atoms with Gasteiger partial charge < -0.3 is 19.3 Å². The van der Waals surface area contributed by atoms with E-state index in [-0.39, 0.29) is 6.42 Å². The van der Waals surface area contributed by atoms with Gasteiger partial charge in [-0.3, -0.25) is 4.79 Å². The lowest BCUT2D eigenvalue weighted by molar-refractivity contribution is -0.136. The Hall–Kier alpha value is -3.73. The van der Waals surface area contributed by atoms with Crippen LogP contribution in [0.15, 0.2) is 72.9 Å². The van der Waals surface area contributed by atoms with Crippen LogP contribution in [0.25, 0.3) is 22.0 Å². The maximum Gasteiger partial charge on any atom is 0.303 e. The molecule has 0 amide bonds. The number of hydrogen-bond donors (Lipinski definition) is 1. The molecule has 176 valence electrons. The molecule has 0 saturated carbocycles. The first-order chi connectivity index (χ1) is 16.4. The molecule has 0 bridgehead atoms. The van der Waals surface area contributed by atoms with Crippen molar-refractivity contribution in [1.82, 2.24) is 4.57 Å². The molecular formula is C29H32N2O3. The summed E-state index contributed by atoms with van der Waals surface area (Å²) in [4.78, 5) is 13.2. The predicted octanol–water partition coefficient (Wildman–Crippen LogP) is 6.03. The fourth-order valence-corrected chi connectivity index (χ4v) is 4.22. The van der Waals surface area contributed by atoms with Gasteiger partial charge in [-0.2, -0.15) is 0 Å². The molecule has 0 aliphatic rings. The van der Waals surface area contributed by atoms with Crippen LogP contribution in [-0.4, -0.2) is 36.3 Å². The fourth-order valence-electron chi connectivity index (χ4n) is 4.22. The molecule has 0 unspecified atom stereocenters. The normalized spacial score (nSPS) is 11.0. The van der Waals surface area contributed by atoms with Crippen molar-refractivity contribution in [2.24, 2.45) is 0 Å². The molecule has 4 aromatic rings. The number of fused-ring (bicyclic) bond motifs is 1. The topological polar surface area (TPSA) is 54.7 Å². The first-order valence-corrected chi connectivity index (χ1v) is 11.8. The zero-order chi connectivity index (χ0) is 24.1. The molecular weight excluding hydrogens is 424 g/mol. The second kappa shape index (κ2) is 10.5. The van der Waals surface area contributed by atoms with Gasteiger partial charge in [0, 0.05) is 61.8 Å². The zero-order valence-electron chi connectivity index (χ0n) is 20.1. The number of anilines is 1. The summed E-state index contributed by atoms with van der Waals surface area (Å²) in [5, 5.41) is 10.3. The highest BCUT2D eigenvalue weighted by atomic mass is 16.5. The second-order valence-electron chi connectivity index (χ2n) is 8.76. The number of hydrogen-bond acceptors (Lipinski definition) is 3. The van der Waals surface area contributed by atoms with Gasteiger partial charge in [0.25, 0.3) is 0 Å². The van der Waals surface area contributed by atoms with E-state index in [2.05, 4.69) is 77.2 Å². The van der Waals surface area contributed by atoms with Crippen molar-refractivity contribution >= 4 is 22.6 Å². The van der Waals surface area contributed by atoms with Crippen LogP contribution in [0, 0.1) is 0 Å². The Morgan fingerprint density at radius 3 is 2.41 bits per heavy atom. The van der Waals surface area contributed by atoms with E-state index >= 15 is 0 Å². The third kappa shape index (κ3) is 5.42. The van der Waals surface area contributed by atoms with E-state index in [0.29, 0.717) is 13.0 Å². The van der Waals surface area contributed by atoms with Gasteiger partial charge in [0.05, 0.1) is 6.61 Å². The number of benzene rings is 3. The number of aliphatic carboxylic acids is 1. The van der Waals surface area contributed by atoms with Crippen molar-refractivity contribution in [3.05, 3.63) is 84.1 Å². The third-order valence-corrected chi connectivity index (χ3v) is 6.20. The highest BCUT2D eigenvalue weighted by molar-refractivity contribution is 5.87. The molecule has 1 aromatic heterocycles. The van der Waals surface area contributed by atoms with Gasteiger partial charge >= 0.3 is 5.97 Å². The average Bonchev–Trinajstić information content (AvgIpc) is 3.26. The summed E-state index contributed by atoms with van der Waals surface area (Å²) in [5.41, 5.74) is 6.68. The van der Waals surface area contributed by atoms with Crippen molar-refractivity contribution in [2.75, 3.05) is 25.6 Å². The summed E-state index contributed by atoms with van der Waals surface area (Å²) in [5.74, 6) is 0.0303. The third-order valence-electron chi connectivity index (χ3n) is 6.20. The van der Waals surface area contributed by atoms with Gasteiger partial charge in [-0.1, -0.05) is 24.3 Å². The van der Waals surface area contributed by atoms with Crippen molar-refractivity contribution in [3.63, 3.8) is 0 Å². The molecule has 0 aliphatic carbocycles. The van der Waals surface area contributed by atoms with Crippen LogP contribution in [-0.2, 0) is 24.2 Å². The minimum atomic E-state index is -0.788.